The SMILES string of the molecule is O=C(O)[C@@H]1[C@@H](c2ccccc2)[C@H]2C=C[C@H]1C2. The van der Waals surface area contributed by atoms with E-state index in [2.05, 4.69) is 24.3 Å². The molecule has 2 heteroatoms. The zero-order valence-electron chi connectivity index (χ0n) is 8.91. The molecule has 4 atom stereocenters. The molecule has 0 heterocycles. The van der Waals surface area contributed by atoms with E-state index in [9.17, 15) is 9.90 Å². The molecular formula is C14H14O2. The van der Waals surface area contributed by atoms with Crippen molar-refractivity contribution in [2.75, 3.05) is 0 Å². The maximum atomic E-state index is 11.3. The third kappa shape index (κ3) is 1.29. The van der Waals surface area contributed by atoms with Gasteiger partial charge in [0.1, 0.15) is 0 Å². The van der Waals surface area contributed by atoms with Gasteiger partial charge in [-0.25, -0.2) is 0 Å². The number of allylic oxidation sites excluding steroid dienone is 2. The summed E-state index contributed by atoms with van der Waals surface area (Å²) in [5.41, 5.74) is 1.17. The Labute approximate surface area is 94.6 Å². The van der Waals surface area contributed by atoms with Crippen LogP contribution in [0.25, 0.3) is 0 Å². The van der Waals surface area contributed by atoms with Crippen molar-refractivity contribution in [2.24, 2.45) is 17.8 Å². The van der Waals surface area contributed by atoms with Crippen LogP contribution in [0.2, 0.25) is 0 Å². The van der Waals surface area contributed by atoms with Gasteiger partial charge in [0.05, 0.1) is 5.92 Å². The molecule has 1 fully saturated rings. The molecule has 2 aliphatic carbocycles. The third-order valence-electron chi connectivity index (χ3n) is 3.93. The molecule has 1 aromatic rings. The molecule has 0 aliphatic heterocycles. The lowest BCUT2D eigenvalue weighted by Crippen LogP contribution is -2.25. The van der Waals surface area contributed by atoms with E-state index in [0.29, 0.717) is 5.92 Å². The molecule has 1 aromatic carbocycles. The van der Waals surface area contributed by atoms with Gasteiger partial charge in [0.25, 0.3) is 0 Å². The van der Waals surface area contributed by atoms with Crippen LogP contribution in [0, 0.1) is 17.8 Å². The van der Waals surface area contributed by atoms with E-state index in [0.717, 1.165) is 6.42 Å². The quantitative estimate of drug-likeness (QED) is 0.768. The number of hydrogen-bond donors (Lipinski definition) is 1. The fourth-order valence-electron chi connectivity index (χ4n) is 3.29. The molecule has 0 spiro atoms. The Balaban J connectivity index is 2.00. The first-order chi connectivity index (χ1) is 7.77. The summed E-state index contributed by atoms with van der Waals surface area (Å²) in [4.78, 5) is 11.3. The highest BCUT2D eigenvalue weighted by Gasteiger charge is 2.48. The first kappa shape index (κ1) is 9.64. The minimum Gasteiger partial charge on any atom is -0.481 e. The van der Waals surface area contributed by atoms with E-state index < -0.39 is 5.97 Å². The average molecular weight is 214 g/mol. The highest BCUT2D eigenvalue weighted by Crippen LogP contribution is 2.52. The molecule has 16 heavy (non-hydrogen) atoms. The number of carboxylic acid groups (broad SMARTS) is 1. The zero-order chi connectivity index (χ0) is 11.1. The number of hydrogen-bond acceptors (Lipinski definition) is 1. The summed E-state index contributed by atoms with van der Waals surface area (Å²) in [6, 6.07) is 10.1. The molecule has 0 unspecified atom stereocenters. The van der Waals surface area contributed by atoms with Crippen LogP contribution in [0.4, 0.5) is 0 Å². The second kappa shape index (κ2) is 3.48. The molecule has 0 aromatic heterocycles. The zero-order valence-corrected chi connectivity index (χ0v) is 8.91. The van der Waals surface area contributed by atoms with Crippen molar-refractivity contribution in [1.82, 2.24) is 0 Å². The van der Waals surface area contributed by atoms with Crippen molar-refractivity contribution < 1.29 is 9.90 Å². The lowest BCUT2D eigenvalue weighted by atomic mass is 9.78. The summed E-state index contributed by atoms with van der Waals surface area (Å²) in [6.45, 7) is 0. The second-order valence-electron chi connectivity index (χ2n) is 4.75. The van der Waals surface area contributed by atoms with Gasteiger partial charge in [0.2, 0.25) is 0 Å². The molecule has 2 aliphatic rings. The number of rotatable bonds is 2. The molecule has 1 saturated carbocycles. The Kier molecular flexibility index (Phi) is 2.10. The van der Waals surface area contributed by atoms with Crippen LogP contribution in [-0.2, 0) is 4.79 Å². The average Bonchev–Trinajstić information content (AvgIpc) is 2.89. The van der Waals surface area contributed by atoms with E-state index >= 15 is 0 Å². The van der Waals surface area contributed by atoms with E-state index in [1.165, 1.54) is 5.56 Å². The van der Waals surface area contributed by atoms with Gasteiger partial charge in [0.15, 0.2) is 0 Å². The summed E-state index contributed by atoms with van der Waals surface area (Å²) in [5, 5.41) is 9.33. The molecule has 1 N–H and O–H groups in total. The Hall–Kier alpha value is -1.57. The number of benzene rings is 1. The van der Waals surface area contributed by atoms with Gasteiger partial charge in [-0.2, -0.15) is 0 Å². The largest absolute Gasteiger partial charge is 0.481 e. The third-order valence-corrected chi connectivity index (χ3v) is 3.93. The predicted molar refractivity (Wildman–Crippen MR) is 61.0 cm³/mol. The van der Waals surface area contributed by atoms with Crippen LogP contribution < -0.4 is 0 Å². The summed E-state index contributed by atoms with van der Waals surface area (Å²) in [5.74, 6) is -0.0296. The van der Waals surface area contributed by atoms with Crippen LogP contribution in [0.1, 0.15) is 17.9 Å². The van der Waals surface area contributed by atoms with Crippen molar-refractivity contribution in [2.45, 2.75) is 12.3 Å². The van der Waals surface area contributed by atoms with Crippen LogP contribution in [-0.4, -0.2) is 11.1 Å². The van der Waals surface area contributed by atoms with Crippen molar-refractivity contribution in [3.8, 4) is 0 Å². The van der Waals surface area contributed by atoms with Crippen molar-refractivity contribution in [1.29, 1.82) is 0 Å². The van der Waals surface area contributed by atoms with Crippen LogP contribution in [0.5, 0.6) is 0 Å². The Bertz CT molecular complexity index is 435. The highest BCUT2D eigenvalue weighted by molar-refractivity contribution is 5.73. The lowest BCUT2D eigenvalue weighted by Gasteiger charge is -2.25. The number of carbonyl (C=O) groups is 1. The van der Waals surface area contributed by atoms with Crippen molar-refractivity contribution in [3.05, 3.63) is 48.0 Å². The Morgan fingerprint density at radius 1 is 1.12 bits per heavy atom. The van der Waals surface area contributed by atoms with E-state index in [1.54, 1.807) is 0 Å². The van der Waals surface area contributed by atoms with E-state index in [1.807, 2.05) is 18.2 Å². The monoisotopic (exact) mass is 214 g/mol. The topological polar surface area (TPSA) is 37.3 Å². The fourth-order valence-corrected chi connectivity index (χ4v) is 3.29. The van der Waals surface area contributed by atoms with Gasteiger partial charge in [-0.3, -0.25) is 4.79 Å². The van der Waals surface area contributed by atoms with Gasteiger partial charge in [-0.05, 0) is 23.8 Å². The van der Waals surface area contributed by atoms with Gasteiger partial charge in [0, 0.05) is 5.92 Å². The molecule has 2 bridgehead atoms. The van der Waals surface area contributed by atoms with Gasteiger partial charge >= 0.3 is 5.97 Å². The molecule has 0 radical (unpaired) electrons. The summed E-state index contributed by atoms with van der Waals surface area (Å²) < 4.78 is 0. The van der Waals surface area contributed by atoms with Gasteiger partial charge in [-0.15, -0.1) is 0 Å². The van der Waals surface area contributed by atoms with Gasteiger partial charge < -0.3 is 5.11 Å². The van der Waals surface area contributed by atoms with Gasteiger partial charge in [-0.1, -0.05) is 42.5 Å². The summed E-state index contributed by atoms with van der Waals surface area (Å²) >= 11 is 0. The van der Waals surface area contributed by atoms with E-state index in [-0.39, 0.29) is 17.8 Å². The predicted octanol–water partition coefficient (Wildman–Crippen LogP) is 2.68. The number of aliphatic carboxylic acids is 1. The Morgan fingerprint density at radius 2 is 1.81 bits per heavy atom. The highest BCUT2D eigenvalue weighted by atomic mass is 16.4. The smallest absolute Gasteiger partial charge is 0.307 e. The number of fused-ring (bicyclic) bond motifs is 2. The molecule has 2 nitrogen and oxygen atoms in total. The first-order valence-electron chi connectivity index (χ1n) is 5.73. The lowest BCUT2D eigenvalue weighted by molar-refractivity contribution is -0.143. The maximum Gasteiger partial charge on any atom is 0.307 e. The Morgan fingerprint density at radius 3 is 2.50 bits per heavy atom. The van der Waals surface area contributed by atoms with Crippen molar-refractivity contribution in [3.63, 3.8) is 0 Å². The van der Waals surface area contributed by atoms with E-state index in [4.69, 9.17) is 0 Å². The van der Waals surface area contributed by atoms with Crippen molar-refractivity contribution >= 4 is 5.97 Å². The fraction of sp³-hybridized carbons (Fsp3) is 0.357. The summed E-state index contributed by atoms with van der Waals surface area (Å²) in [7, 11) is 0. The minimum absolute atomic E-state index is 0.175. The molecular weight excluding hydrogens is 200 g/mol. The van der Waals surface area contributed by atoms with Crippen LogP contribution in [0.15, 0.2) is 42.5 Å². The van der Waals surface area contributed by atoms with Crippen LogP contribution >= 0.6 is 0 Å². The maximum absolute atomic E-state index is 11.3. The van der Waals surface area contributed by atoms with Crippen LogP contribution in [0.3, 0.4) is 0 Å². The molecule has 3 rings (SSSR count). The minimum atomic E-state index is -0.647. The standard InChI is InChI=1S/C14H14O2/c15-14(16)13-11-7-6-10(8-11)12(13)9-4-2-1-3-5-9/h1-7,10-13H,8H2,(H,15,16)/t10-,11-,12-,13-/m0/s1. The second-order valence-corrected chi connectivity index (χ2v) is 4.75. The summed E-state index contributed by atoms with van der Waals surface area (Å²) in [6.07, 6.45) is 5.29. The molecule has 0 amide bonds. The normalized spacial score (nSPS) is 35.5. The first-order valence-corrected chi connectivity index (χ1v) is 5.73. The molecule has 0 saturated heterocycles. The number of carboxylic acids is 1. The molecule has 82 valence electrons.